The lowest BCUT2D eigenvalue weighted by Gasteiger charge is -2.33. The number of carbonyl (C=O) groups is 1. The van der Waals surface area contributed by atoms with Crippen LogP contribution in [0.4, 0.5) is 11.6 Å². The number of morpholine rings is 1. The summed E-state index contributed by atoms with van der Waals surface area (Å²) < 4.78 is 7.16. The number of benzene rings is 1. The van der Waals surface area contributed by atoms with Crippen molar-refractivity contribution in [2.45, 2.75) is 13.0 Å². The maximum Gasteiger partial charge on any atom is 0.255 e. The van der Waals surface area contributed by atoms with E-state index < -0.39 is 6.10 Å². The molecule has 4 rings (SSSR count). The summed E-state index contributed by atoms with van der Waals surface area (Å²) >= 11 is 0. The van der Waals surface area contributed by atoms with Crippen molar-refractivity contribution in [1.29, 1.82) is 0 Å². The highest BCUT2D eigenvalue weighted by Crippen LogP contribution is 2.20. The third kappa shape index (κ3) is 4.06. The monoisotopic (exact) mass is 406 g/mol. The lowest BCUT2D eigenvalue weighted by molar-refractivity contribution is -0.128. The fourth-order valence-corrected chi connectivity index (χ4v) is 3.30. The first-order valence-corrected chi connectivity index (χ1v) is 9.60. The van der Waals surface area contributed by atoms with Crippen LogP contribution in [0.25, 0.3) is 11.4 Å². The molecule has 1 atom stereocenters. The summed E-state index contributed by atoms with van der Waals surface area (Å²) in [6.45, 7) is 3.08. The number of hydrogen-bond acceptors (Lipinski definition) is 7. The molecule has 0 bridgehead atoms. The van der Waals surface area contributed by atoms with Crippen LogP contribution in [0.2, 0.25) is 0 Å². The molecule has 1 aliphatic heterocycles. The predicted octanol–water partition coefficient (Wildman–Crippen LogP) is 1.39. The molecule has 2 aromatic heterocycles. The number of amides is 1. The zero-order valence-corrected chi connectivity index (χ0v) is 16.8. The maximum atomic E-state index is 12.8. The van der Waals surface area contributed by atoms with E-state index in [4.69, 9.17) is 4.74 Å². The van der Waals surface area contributed by atoms with Gasteiger partial charge < -0.3 is 15.0 Å². The summed E-state index contributed by atoms with van der Waals surface area (Å²) in [5.74, 6) is 0.235. The summed E-state index contributed by atoms with van der Waals surface area (Å²) in [5.41, 5.74) is 2.54. The summed E-state index contributed by atoms with van der Waals surface area (Å²) in [6, 6.07) is 10.7. The first kappa shape index (κ1) is 19.7. The van der Waals surface area contributed by atoms with Crippen molar-refractivity contribution in [3.63, 3.8) is 0 Å². The first-order valence-electron chi connectivity index (χ1n) is 9.60. The highest BCUT2D eigenvalue weighted by atomic mass is 16.5. The van der Waals surface area contributed by atoms with E-state index in [9.17, 15) is 9.59 Å². The molecule has 1 amide bonds. The quantitative estimate of drug-likeness (QED) is 0.698. The Hall–Kier alpha value is -3.59. The van der Waals surface area contributed by atoms with Gasteiger partial charge >= 0.3 is 0 Å². The Labute approximate surface area is 173 Å². The fraction of sp³-hybridized carbons (Fsp3) is 0.286. The minimum absolute atomic E-state index is 0.207. The van der Waals surface area contributed by atoms with Crippen LogP contribution in [0, 0.1) is 6.92 Å². The summed E-state index contributed by atoms with van der Waals surface area (Å²) in [5, 5.41) is 2.92. The molecule has 3 aromatic rings. The molecule has 154 valence electrons. The van der Waals surface area contributed by atoms with Gasteiger partial charge in [-0.1, -0.05) is 18.2 Å². The minimum Gasteiger partial charge on any atom is -0.365 e. The van der Waals surface area contributed by atoms with E-state index in [-0.39, 0.29) is 18.0 Å². The molecule has 1 aromatic carbocycles. The normalized spacial score (nSPS) is 16.3. The van der Waals surface area contributed by atoms with E-state index in [1.165, 1.54) is 17.0 Å². The van der Waals surface area contributed by atoms with Crippen LogP contribution in [-0.4, -0.2) is 51.2 Å². The molecule has 0 radical (unpaired) electrons. The van der Waals surface area contributed by atoms with Gasteiger partial charge in [0.15, 0.2) is 6.10 Å². The van der Waals surface area contributed by atoms with Crippen molar-refractivity contribution in [3.8, 4) is 11.4 Å². The highest BCUT2D eigenvalue weighted by molar-refractivity contribution is 5.95. The van der Waals surface area contributed by atoms with E-state index in [1.54, 1.807) is 19.3 Å². The van der Waals surface area contributed by atoms with Gasteiger partial charge in [0.1, 0.15) is 6.33 Å². The average molecular weight is 406 g/mol. The number of rotatable bonds is 4. The number of carbonyl (C=O) groups excluding carboxylic acids is 1. The van der Waals surface area contributed by atoms with E-state index in [1.807, 2.05) is 36.1 Å². The molecular formula is C21H22N6O3. The van der Waals surface area contributed by atoms with Crippen LogP contribution >= 0.6 is 0 Å². The number of hydrogen-bond donors (Lipinski definition) is 1. The smallest absolute Gasteiger partial charge is 0.255 e. The van der Waals surface area contributed by atoms with Gasteiger partial charge in [-0.25, -0.2) is 15.0 Å². The number of aromatic nitrogens is 4. The summed E-state index contributed by atoms with van der Waals surface area (Å²) in [4.78, 5) is 39.9. The Balaban J connectivity index is 1.57. The Morgan fingerprint density at radius 3 is 2.83 bits per heavy atom. The first-order chi connectivity index (χ1) is 14.5. The molecule has 3 heterocycles. The van der Waals surface area contributed by atoms with E-state index in [0.29, 0.717) is 30.5 Å². The number of para-hydroxylation sites is 1. The third-order valence-corrected chi connectivity index (χ3v) is 5.00. The standard InChI is InChI=1S/C21H22N6O3/c1-14-5-3-4-6-15(14)24-20(29)18-12-27(9-10-30-18)21-25-17(11-19(28)26(21)2)16-7-8-22-13-23-16/h3-8,11,13,18H,9-10,12H2,1-2H3,(H,24,29). The second-order valence-corrected chi connectivity index (χ2v) is 7.04. The lowest BCUT2D eigenvalue weighted by Crippen LogP contribution is -2.49. The van der Waals surface area contributed by atoms with Crippen LogP contribution in [-0.2, 0) is 16.6 Å². The van der Waals surface area contributed by atoms with Crippen molar-refractivity contribution in [3.05, 3.63) is 64.8 Å². The molecule has 1 N–H and O–H groups in total. The van der Waals surface area contributed by atoms with Crippen LogP contribution in [0.3, 0.4) is 0 Å². The minimum atomic E-state index is -0.682. The molecule has 1 saturated heterocycles. The Morgan fingerprint density at radius 1 is 1.23 bits per heavy atom. The van der Waals surface area contributed by atoms with Crippen LogP contribution in [0.15, 0.2) is 53.7 Å². The average Bonchev–Trinajstić information content (AvgIpc) is 2.78. The molecule has 1 aliphatic rings. The molecule has 9 heteroatoms. The number of nitrogens with zero attached hydrogens (tertiary/aromatic N) is 5. The van der Waals surface area contributed by atoms with Gasteiger partial charge in [-0.3, -0.25) is 14.2 Å². The van der Waals surface area contributed by atoms with Gasteiger partial charge in [-0.2, -0.15) is 0 Å². The fourth-order valence-electron chi connectivity index (χ4n) is 3.30. The second kappa shape index (κ2) is 8.42. The molecule has 0 saturated carbocycles. The summed E-state index contributed by atoms with van der Waals surface area (Å²) in [7, 11) is 1.66. The zero-order valence-electron chi connectivity index (χ0n) is 16.8. The number of ether oxygens (including phenoxy) is 1. The second-order valence-electron chi connectivity index (χ2n) is 7.04. The SMILES string of the molecule is Cc1ccccc1NC(=O)C1CN(c2nc(-c3ccncn3)cc(=O)n2C)CCO1. The molecule has 9 nitrogen and oxygen atoms in total. The Kier molecular flexibility index (Phi) is 5.53. The Bertz CT molecular complexity index is 1120. The molecule has 30 heavy (non-hydrogen) atoms. The molecule has 1 unspecified atom stereocenters. The van der Waals surface area contributed by atoms with Gasteiger partial charge in [0, 0.05) is 31.5 Å². The lowest BCUT2D eigenvalue weighted by atomic mass is 10.2. The topological polar surface area (TPSA) is 102 Å². The Morgan fingerprint density at radius 2 is 2.07 bits per heavy atom. The predicted molar refractivity (Wildman–Crippen MR) is 112 cm³/mol. The van der Waals surface area contributed by atoms with Crippen molar-refractivity contribution < 1.29 is 9.53 Å². The molecule has 0 aliphatic carbocycles. The van der Waals surface area contributed by atoms with Crippen LogP contribution in [0.5, 0.6) is 0 Å². The van der Waals surface area contributed by atoms with E-state index in [2.05, 4.69) is 20.3 Å². The largest absolute Gasteiger partial charge is 0.365 e. The third-order valence-electron chi connectivity index (χ3n) is 5.00. The van der Waals surface area contributed by atoms with Crippen molar-refractivity contribution in [1.82, 2.24) is 19.5 Å². The molecule has 1 fully saturated rings. The molecular weight excluding hydrogens is 384 g/mol. The van der Waals surface area contributed by atoms with Crippen molar-refractivity contribution in [2.24, 2.45) is 7.05 Å². The number of anilines is 2. The van der Waals surface area contributed by atoms with Gasteiger partial charge in [-0.05, 0) is 24.6 Å². The van der Waals surface area contributed by atoms with E-state index in [0.717, 1.165) is 11.3 Å². The molecule has 0 spiro atoms. The highest BCUT2D eigenvalue weighted by Gasteiger charge is 2.29. The maximum absolute atomic E-state index is 12.8. The van der Waals surface area contributed by atoms with Crippen LogP contribution in [0.1, 0.15) is 5.56 Å². The van der Waals surface area contributed by atoms with Crippen molar-refractivity contribution in [2.75, 3.05) is 29.9 Å². The van der Waals surface area contributed by atoms with Crippen molar-refractivity contribution >= 4 is 17.5 Å². The number of aryl methyl sites for hydroxylation is 1. The van der Waals surface area contributed by atoms with Gasteiger partial charge in [0.05, 0.1) is 24.5 Å². The zero-order chi connectivity index (χ0) is 21.1. The van der Waals surface area contributed by atoms with Gasteiger partial charge in [0.25, 0.3) is 11.5 Å². The number of nitrogens with one attached hydrogen (secondary N) is 1. The van der Waals surface area contributed by atoms with Gasteiger partial charge in [0.2, 0.25) is 5.95 Å². The van der Waals surface area contributed by atoms with E-state index >= 15 is 0 Å². The van der Waals surface area contributed by atoms with Gasteiger partial charge in [-0.15, -0.1) is 0 Å². The van der Waals surface area contributed by atoms with Crippen LogP contribution < -0.4 is 15.8 Å². The summed E-state index contributed by atoms with van der Waals surface area (Å²) in [6.07, 6.45) is 2.33.